The predicted molar refractivity (Wildman–Crippen MR) is 85.3 cm³/mol. The molecule has 0 heterocycles. The molecular formula is C17H27NO5. The van der Waals surface area contributed by atoms with E-state index in [0.717, 1.165) is 25.0 Å². The Bertz CT molecular complexity index is 474. The summed E-state index contributed by atoms with van der Waals surface area (Å²) in [5.74, 6) is -0.438. The quantitative estimate of drug-likeness (QED) is 0.277. The number of hydrogen-bond donors (Lipinski definition) is 4. The Kier molecular flexibility index (Phi) is 6.62. The van der Waals surface area contributed by atoms with Crippen molar-refractivity contribution in [3.8, 4) is 0 Å². The molecule has 0 radical (unpaired) electrons. The van der Waals surface area contributed by atoms with Crippen LogP contribution in [0.25, 0.3) is 0 Å². The highest BCUT2D eigenvalue weighted by atomic mass is 16.6. The average molecular weight is 325 g/mol. The second-order valence-electron chi connectivity index (χ2n) is 6.35. The van der Waals surface area contributed by atoms with Crippen LogP contribution in [0, 0.1) is 11.8 Å². The van der Waals surface area contributed by atoms with Gasteiger partial charge in [-0.2, -0.15) is 0 Å². The van der Waals surface area contributed by atoms with Crippen molar-refractivity contribution in [1.82, 2.24) is 5.48 Å². The molecule has 23 heavy (non-hydrogen) atoms. The number of aliphatic carboxylic acids is 1. The molecular weight excluding hydrogens is 298 g/mol. The van der Waals surface area contributed by atoms with E-state index in [9.17, 15) is 15.0 Å². The first-order valence-corrected chi connectivity index (χ1v) is 8.38. The van der Waals surface area contributed by atoms with Gasteiger partial charge in [0.15, 0.2) is 0 Å². The minimum Gasteiger partial charge on any atom is -0.481 e. The molecule has 130 valence electrons. The van der Waals surface area contributed by atoms with Gasteiger partial charge in [-0.1, -0.05) is 25.5 Å². The number of allylic oxidation sites excluding steroid dienone is 1. The summed E-state index contributed by atoms with van der Waals surface area (Å²) in [5.41, 5.74) is 5.09. The van der Waals surface area contributed by atoms with Crippen LogP contribution in [0.3, 0.4) is 0 Å². The second kappa shape index (κ2) is 8.47. The van der Waals surface area contributed by atoms with E-state index in [1.807, 2.05) is 13.0 Å². The van der Waals surface area contributed by atoms with Crippen LogP contribution in [-0.4, -0.2) is 40.1 Å². The highest BCUT2D eigenvalue weighted by Crippen LogP contribution is 2.49. The van der Waals surface area contributed by atoms with Gasteiger partial charge in [0.25, 0.3) is 0 Å². The van der Waals surface area contributed by atoms with Crippen molar-refractivity contribution < 1.29 is 25.0 Å². The van der Waals surface area contributed by atoms with Crippen LogP contribution >= 0.6 is 0 Å². The standard InChI is InChI=1S/C17H27NO5/c1-2-4-11(19)6-7-12-13-9-15(14(13)10-16(12)20)18-23-8-3-5-17(21)22/h6-7,11-13,16,18-20H,2-5,8-10H2,1H3,(H,21,22)/t11?,12?,13-,16?/m0/s1. The van der Waals surface area contributed by atoms with Crippen molar-refractivity contribution in [2.45, 2.75) is 57.7 Å². The van der Waals surface area contributed by atoms with Crippen molar-refractivity contribution in [1.29, 1.82) is 0 Å². The Morgan fingerprint density at radius 1 is 1.48 bits per heavy atom. The molecule has 2 rings (SSSR count). The van der Waals surface area contributed by atoms with Crippen molar-refractivity contribution in [3.05, 3.63) is 23.4 Å². The Labute approximate surface area is 136 Å². The third kappa shape index (κ3) is 4.80. The topological polar surface area (TPSA) is 99.0 Å². The summed E-state index contributed by atoms with van der Waals surface area (Å²) < 4.78 is 0. The first-order valence-electron chi connectivity index (χ1n) is 8.38. The van der Waals surface area contributed by atoms with Gasteiger partial charge in [0, 0.05) is 18.0 Å². The van der Waals surface area contributed by atoms with Crippen LogP contribution < -0.4 is 5.48 Å². The fraction of sp³-hybridized carbons (Fsp3) is 0.706. The van der Waals surface area contributed by atoms with Gasteiger partial charge in [0.05, 0.1) is 18.8 Å². The Morgan fingerprint density at radius 2 is 2.26 bits per heavy atom. The summed E-state index contributed by atoms with van der Waals surface area (Å²) in [7, 11) is 0. The third-order valence-corrected chi connectivity index (χ3v) is 4.57. The first kappa shape index (κ1) is 18.0. The van der Waals surface area contributed by atoms with Gasteiger partial charge in [-0.05, 0) is 37.2 Å². The molecule has 4 atom stereocenters. The van der Waals surface area contributed by atoms with Crippen LogP contribution in [0.2, 0.25) is 0 Å². The number of carboxylic acids is 1. The Morgan fingerprint density at radius 3 is 2.96 bits per heavy atom. The molecule has 0 bridgehead atoms. The number of hydrogen-bond acceptors (Lipinski definition) is 5. The van der Waals surface area contributed by atoms with Gasteiger partial charge in [-0.25, -0.2) is 0 Å². The zero-order chi connectivity index (χ0) is 16.8. The summed E-state index contributed by atoms with van der Waals surface area (Å²) in [6, 6.07) is 0. The molecule has 0 spiro atoms. The molecule has 0 saturated heterocycles. The van der Waals surface area contributed by atoms with Crippen LogP contribution in [0.5, 0.6) is 0 Å². The molecule has 3 unspecified atom stereocenters. The lowest BCUT2D eigenvalue weighted by atomic mass is 9.79. The minimum atomic E-state index is -0.821. The van der Waals surface area contributed by atoms with E-state index < -0.39 is 18.2 Å². The highest BCUT2D eigenvalue weighted by Gasteiger charge is 2.44. The maximum Gasteiger partial charge on any atom is 0.303 e. The van der Waals surface area contributed by atoms with E-state index >= 15 is 0 Å². The van der Waals surface area contributed by atoms with Crippen molar-refractivity contribution in [2.75, 3.05) is 6.61 Å². The molecule has 6 nitrogen and oxygen atoms in total. The van der Waals surface area contributed by atoms with Crippen LogP contribution in [0.4, 0.5) is 0 Å². The maximum absolute atomic E-state index is 10.4. The van der Waals surface area contributed by atoms with Gasteiger partial charge < -0.3 is 15.3 Å². The highest BCUT2D eigenvalue weighted by molar-refractivity contribution is 5.66. The molecule has 6 heteroatoms. The number of rotatable bonds is 10. The molecule has 0 amide bonds. The molecule has 0 aromatic heterocycles. The lowest BCUT2D eigenvalue weighted by molar-refractivity contribution is -0.137. The predicted octanol–water partition coefficient (Wildman–Crippen LogP) is 1.74. The molecule has 0 aromatic rings. The fourth-order valence-electron chi connectivity index (χ4n) is 3.29. The van der Waals surface area contributed by atoms with Crippen molar-refractivity contribution >= 4 is 5.97 Å². The average Bonchev–Trinajstić information content (AvgIpc) is 2.72. The molecule has 0 aromatic carbocycles. The summed E-state index contributed by atoms with van der Waals surface area (Å²) in [5, 5.41) is 28.5. The van der Waals surface area contributed by atoms with E-state index in [2.05, 4.69) is 5.48 Å². The summed E-state index contributed by atoms with van der Waals surface area (Å²) >= 11 is 0. The number of fused-ring (bicyclic) bond motifs is 1. The van der Waals surface area contributed by atoms with Crippen molar-refractivity contribution in [3.63, 3.8) is 0 Å². The van der Waals surface area contributed by atoms with Gasteiger partial charge in [0.1, 0.15) is 0 Å². The van der Waals surface area contributed by atoms with Crippen LogP contribution in [0.15, 0.2) is 23.4 Å². The smallest absolute Gasteiger partial charge is 0.303 e. The van der Waals surface area contributed by atoms with Crippen LogP contribution in [0.1, 0.15) is 45.4 Å². The molecule has 4 N–H and O–H groups in total. The summed E-state index contributed by atoms with van der Waals surface area (Å²) in [6.07, 6.45) is 6.60. The molecule has 1 saturated carbocycles. The minimum absolute atomic E-state index is 0.0640. The largest absolute Gasteiger partial charge is 0.481 e. The van der Waals surface area contributed by atoms with Crippen LogP contribution in [-0.2, 0) is 9.63 Å². The number of aliphatic hydroxyl groups is 2. The lowest BCUT2D eigenvalue weighted by Gasteiger charge is -2.31. The normalized spacial score (nSPS) is 27.9. The monoisotopic (exact) mass is 325 g/mol. The molecule has 1 fully saturated rings. The zero-order valence-electron chi connectivity index (χ0n) is 13.6. The lowest BCUT2D eigenvalue weighted by Crippen LogP contribution is -2.29. The fourth-order valence-corrected chi connectivity index (χ4v) is 3.29. The summed E-state index contributed by atoms with van der Waals surface area (Å²) in [6.45, 7) is 2.38. The number of aliphatic hydroxyl groups excluding tert-OH is 2. The Balaban J connectivity index is 1.78. The zero-order valence-corrected chi connectivity index (χ0v) is 13.6. The van der Waals surface area contributed by atoms with Gasteiger partial charge >= 0.3 is 5.97 Å². The third-order valence-electron chi connectivity index (χ3n) is 4.57. The number of carbonyl (C=O) groups is 1. The second-order valence-corrected chi connectivity index (χ2v) is 6.35. The molecule has 2 aliphatic rings. The SMILES string of the molecule is CCCC(O)C=CC1C(O)CC2=C(NOCCCC(=O)O)C[C@H]21. The maximum atomic E-state index is 10.4. The van der Waals surface area contributed by atoms with Gasteiger partial charge in [-0.3, -0.25) is 15.1 Å². The van der Waals surface area contributed by atoms with E-state index in [1.54, 1.807) is 6.08 Å². The summed E-state index contributed by atoms with van der Waals surface area (Å²) in [4.78, 5) is 15.7. The van der Waals surface area contributed by atoms with E-state index in [-0.39, 0.29) is 12.3 Å². The van der Waals surface area contributed by atoms with Crippen molar-refractivity contribution in [2.24, 2.45) is 11.8 Å². The van der Waals surface area contributed by atoms with Gasteiger partial charge in [0.2, 0.25) is 0 Å². The number of carboxylic acid groups (broad SMARTS) is 1. The van der Waals surface area contributed by atoms with E-state index in [1.165, 1.54) is 5.57 Å². The molecule has 2 aliphatic carbocycles. The van der Waals surface area contributed by atoms with Gasteiger partial charge in [-0.15, -0.1) is 0 Å². The Hall–Kier alpha value is -1.37. The number of nitrogens with one attached hydrogen (secondary N) is 1. The molecule has 0 aliphatic heterocycles. The first-order chi connectivity index (χ1) is 11.0. The van der Waals surface area contributed by atoms with E-state index in [4.69, 9.17) is 9.94 Å². The van der Waals surface area contributed by atoms with E-state index in [0.29, 0.717) is 25.4 Å². The number of hydroxylamine groups is 1.